The maximum atomic E-state index is 13.2. The fraction of sp³-hybridized carbons (Fsp3) is 0.231. The second-order valence-corrected chi connectivity index (χ2v) is 7.09. The number of hydrogen-bond donors (Lipinski definition) is 1. The normalized spacial score (nSPS) is 11.3. The van der Waals surface area contributed by atoms with Gasteiger partial charge in [-0.3, -0.25) is 0 Å². The first-order valence-electron chi connectivity index (χ1n) is 6.03. The molecule has 0 saturated carbocycles. The Balaban J connectivity index is 2.06. The molecule has 0 atom stereocenters. The Hall–Kier alpha value is -1.82. The third-order valence-electron chi connectivity index (χ3n) is 2.71. The minimum atomic E-state index is -3.77. The third-order valence-corrected chi connectivity index (χ3v) is 4.99. The fourth-order valence-corrected chi connectivity index (χ4v) is 3.38. The number of aromatic nitrogens is 1. The van der Waals surface area contributed by atoms with Gasteiger partial charge in [0.2, 0.25) is 10.0 Å². The van der Waals surface area contributed by atoms with Crippen LogP contribution in [0.25, 0.3) is 0 Å². The second kappa shape index (κ2) is 6.30. The highest BCUT2D eigenvalue weighted by Gasteiger charge is 2.16. The highest BCUT2D eigenvalue weighted by Crippen LogP contribution is 2.14. The number of aryl methyl sites for hydroxylation is 1. The smallest absolute Gasteiger partial charge is 0.240 e. The number of nitrogens with zero attached hydrogens (tertiary/aromatic N) is 2. The van der Waals surface area contributed by atoms with Gasteiger partial charge in [0.05, 0.1) is 21.2 Å². The van der Waals surface area contributed by atoms with Crippen molar-refractivity contribution < 1.29 is 12.8 Å². The standard InChI is InChI=1S/C13H12FN3O2S2/c1-9-17-11(8-20-9)4-5-16-21(18,19)12-2-3-13(14)10(6-12)7-15/h2-3,6,8,16H,4-5H2,1H3. The molecule has 0 fully saturated rings. The number of nitrogens with one attached hydrogen (secondary N) is 1. The van der Waals surface area contributed by atoms with E-state index >= 15 is 0 Å². The van der Waals surface area contributed by atoms with E-state index in [4.69, 9.17) is 5.26 Å². The summed E-state index contributed by atoms with van der Waals surface area (Å²) in [5.74, 6) is -0.741. The molecule has 1 aromatic carbocycles. The Labute approximate surface area is 126 Å². The van der Waals surface area contributed by atoms with Gasteiger partial charge in [-0.2, -0.15) is 5.26 Å². The van der Waals surface area contributed by atoms with Crippen LogP contribution in [0.2, 0.25) is 0 Å². The van der Waals surface area contributed by atoms with Gasteiger partial charge in [0, 0.05) is 18.3 Å². The second-order valence-electron chi connectivity index (χ2n) is 4.26. The molecule has 0 aliphatic carbocycles. The highest BCUT2D eigenvalue weighted by atomic mass is 32.2. The Morgan fingerprint density at radius 3 is 2.86 bits per heavy atom. The van der Waals surface area contributed by atoms with Crippen LogP contribution in [0, 0.1) is 24.1 Å². The fourth-order valence-electron chi connectivity index (χ4n) is 1.68. The Bertz CT molecular complexity index is 794. The van der Waals surface area contributed by atoms with Crippen LogP contribution in [-0.4, -0.2) is 19.9 Å². The van der Waals surface area contributed by atoms with Crippen LogP contribution >= 0.6 is 11.3 Å². The molecule has 0 bridgehead atoms. The molecule has 8 heteroatoms. The molecule has 0 unspecified atom stereocenters. The zero-order chi connectivity index (χ0) is 15.5. The van der Waals surface area contributed by atoms with Crippen molar-refractivity contribution in [3.05, 3.63) is 45.7 Å². The van der Waals surface area contributed by atoms with Gasteiger partial charge in [0.25, 0.3) is 0 Å². The zero-order valence-electron chi connectivity index (χ0n) is 11.1. The summed E-state index contributed by atoms with van der Waals surface area (Å²) in [6.45, 7) is 2.06. The number of sulfonamides is 1. The van der Waals surface area contributed by atoms with E-state index in [1.54, 1.807) is 6.07 Å². The minimum Gasteiger partial charge on any atom is -0.247 e. The molecule has 2 aromatic rings. The van der Waals surface area contributed by atoms with Crippen molar-refractivity contribution in [2.24, 2.45) is 0 Å². The number of nitriles is 1. The van der Waals surface area contributed by atoms with Crippen molar-refractivity contribution in [2.75, 3.05) is 6.54 Å². The van der Waals surface area contributed by atoms with Gasteiger partial charge < -0.3 is 0 Å². The van der Waals surface area contributed by atoms with Crippen molar-refractivity contribution in [3.63, 3.8) is 0 Å². The Kier molecular flexibility index (Phi) is 4.67. The molecule has 0 radical (unpaired) electrons. The SMILES string of the molecule is Cc1nc(CCNS(=O)(=O)c2ccc(F)c(C#N)c2)cs1. The lowest BCUT2D eigenvalue weighted by molar-refractivity contribution is 0.580. The molecule has 2 rings (SSSR count). The van der Waals surface area contributed by atoms with Gasteiger partial charge in [0.15, 0.2) is 0 Å². The van der Waals surface area contributed by atoms with E-state index in [9.17, 15) is 12.8 Å². The average molecular weight is 325 g/mol. The van der Waals surface area contributed by atoms with Crippen LogP contribution in [0.15, 0.2) is 28.5 Å². The first-order chi connectivity index (χ1) is 9.92. The number of halogens is 1. The van der Waals surface area contributed by atoms with E-state index in [0.29, 0.717) is 6.42 Å². The van der Waals surface area contributed by atoms with Crippen LogP contribution in [0.1, 0.15) is 16.3 Å². The third kappa shape index (κ3) is 3.85. The number of benzene rings is 1. The number of hydrogen-bond acceptors (Lipinski definition) is 5. The Morgan fingerprint density at radius 2 is 2.24 bits per heavy atom. The van der Waals surface area contributed by atoms with Crippen LogP contribution in [0.4, 0.5) is 4.39 Å². The van der Waals surface area contributed by atoms with Crippen molar-refractivity contribution in [1.82, 2.24) is 9.71 Å². The molecule has 5 nitrogen and oxygen atoms in total. The molecule has 0 spiro atoms. The summed E-state index contributed by atoms with van der Waals surface area (Å²) in [7, 11) is -3.77. The topological polar surface area (TPSA) is 82.8 Å². The summed E-state index contributed by atoms with van der Waals surface area (Å²) in [5.41, 5.74) is 0.519. The van der Waals surface area contributed by atoms with Crippen LogP contribution in [0.5, 0.6) is 0 Å². The number of thiazole rings is 1. The summed E-state index contributed by atoms with van der Waals surface area (Å²) >= 11 is 1.50. The van der Waals surface area contributed by atoms with Crippen molar-refractivity contribution in [2.45, 2.75) is 18.2 Å². The Morgan fingerprint density at radius 1 is 1.48 bits per heavy atom. The summed E-state index contributed by atoms with van der Waals surface area (Å²) < 4.78 is 39.7. The molecule has 21 heavy (non-hydrogen) atoms. The number of rotatable bonds is 5. The van der Waals surface area contributed by atoms with E-state index in [1.807, 2.05) is 12.3 Å². The van der Waals surface area contributed by atoms with Gasteiger partial charge in [0.1, 0.15) is 11.9 Å². The van der Waals surface area contributed by atoms with Crippen LogP contribution < -0.4 is 4.72 Å². The van der Waals surface area contributed by atoms with Crippen LogP contribution in [0.3, 0.4) is 0 Å². The first kappa shape index (κ1) is 15.6. The molecule has 1 aromatic heterocycles. The molecule has 1 N–H and O–H groups in total. The molecule has 1 heterocycles. The van der Waals surface area contributed by atoms with Crippen molar-refractivity contribution >= 4 is 21.4 Å². The summed E-state index contributed by atoms with van der Waals surface area (Å²) in [6, 6.07) is 4.73. The van der Waals surface area contributed by atoms with Gasteiger partial charge in [-0.05, 0) is 25.1 Å². The summed E-state index contributed by atoms with van der Waals surface area (Å²) in [6.07, 6.45) is 0.468. The average Bonchev–Trinajstić information content (AvgIpc) is 2.84. The summed E-state index contributed by atoms with van der Waals surface area (Å²) in [5, 5.41) is 11.5. The molecule has 0 saturated heterocycles. The van der Waals surface area contributed by atoms with Gasteiger partial charge in [-0.25, -0.2) is 22.5 Å². The van der Waals surface area contributed by atoms with Gasteiger partial charge in [-0.1, -0.05) is 0 Å². The maximum Gasteiger partial charge on any atom is 0.240 e. The van der Waals surface area contributed by atoms with Crippen molar-refractivity contribution in [3.8, 4) is 6.07 Å². The maximum absolute atomic E-state index is 13.2. The summed E-state index contributed by atoms with van der Waals surface area (Å²) in [4.78, 5) is 4.10. The molecular formula is C13H12FN3O2S2. The zero-order valence-corrected chi connectivity index (χ0v) is 12.8. The van der Waals surface area contributed by atoms with E-state index in [0.717, 1.165) is 28.9 Å². The van der Waals surface area contributed by atoms with Gasteiger partial charge in [-0.15, -0.1) is 11.3 Å². The van der Waals surface area contributed by atoms with E-state index in [1.165, 1.54) is 11.3 Å². The molecule has 0 aliphatic heterocycles. The molecule has 0 amide bonds. The first-order valence-corrected chi connectivity index (χ1v) is 8.39. The lowest BCUT2D eigenvalue weighted by Gasteiger charge is -2.06. The predicted octanol–water partition coefficient (Wildman–Crippen LogP) is 1.98. The lowest BCUT2D eigenvalue weighted by Crippen LogP contribution is -2.26. The van der Waals surface area contributed by atoms with Crippen molar-refractivity contribution in [1.29, 1.82) is 5.26 Å². The monoisotopic (exact) mass is 325 g/mol. The van der Waals surface area contributed by atoms with Crippen LogP contribution in [-0.2, 0) is 16.4 Å². The largest absolute Gasteiger partial charge is 0.247 e. The van der Waals surface area contributed by atoms with E-state index < -0.39 is 15.8 Å². The predicted molar refractivity (Wildman–Crippen MR) is 76.9 cm³/mol. The molecule has 0 aliphatic rings. The van der Waals surface area contributed by atoms with E-state index in [2.05, 4.69) is 9.71 Å². The van der Waals surface area contributed by atoms with Gasteiger partial charge >= 0.3 is 0 Å². The molecular weight excluding hydrogens is 313 g/mol. The lowest BCUT2D eigenvalue weighted by atomic mass is 10.2. The molecule has 110 valence electrons. The quantitative estimate of drug-likeness (QED) is 0.911. The minimum absolute atomic E-state index is 0.130. The van der Waals surface area contributed by atoms with E-state index in [-0.39, 0.29) is 17.0 Å². The highest BCUT2D eigenvalue weighted by molar-refractivity contribution is 7.89.